The summed E-state index contributed by atoms with van der Waals surface area (Å²) in [6, 6.07) is 0. The van der Waals surface area contributed by atoms with Crippen molar-refractivity contribution in [3.63, 3.8) is 0 Å². The topological polar surface area (TPSA) is 66.6 Å². The lowest BCUT2D eigenvalue weighted by Crippen LogP contribution is -2.31. The minimum absolute atomic E-state index is 0.00435. The monoisotopic (exact) mass is 210 g/mol. The molecule has 1 unspecified atom stereocenters. The molecule has 1 aromatic rings. The van der Waals surface area contributed by atoms with Crippen LogP contribution in [0, 0.1) is 0 Å². The van der Waals surface area contributed by atoms with Gasteiger partial charge in [0.2, 0.25) is 5.76 Å². The van der Waals surface area contributed by atoms with E-state index in [2.05, 4.69) is 10.1 Å². The molecule has 2 heterocycles. The number of carbonyl (C=O) groups is 1. The molecule has 82 valence electrons. The van der Waals surface area contributed by atoms with E-state index in [0.717, 1.165) is 31.5 Å². The summed E-state index contributed by atoms with van der Waals surface area (Å²) >= 11 is 0. The minimum atomic E-state index is -1.03. The molecule has 0 amide bonds. The Labute approximate surface area is 87.7 Å². The molecule has 1 N–H and O–H groups in total. The van der Waals surface area contributed by atoms with Gasteiger partial charge in [0.15, 0.2) is 0 Å². The number of nitrogens with zero attached hydrogens (tertiary/aromatic N) is 2. The molecule has 5 heteroatoms. The van der Waals surface area contributed by atoms with Crippen molar-refractivity contribution >= 4 is 5.97 Å². The van der Waals surface area contributed by atoms with Crippen LogP contribution in [0.4, 0.5) is 0 Å². The first kappa shape index (κ1) is 10.2. The normalized spacial score (nSPS) is 22.9. The van der Waals surface area contributed by atoms with Crippen LogP contribution in [0.2, 0.25) is 0 Å². The van der Waals surface area contributed by atoms with Crippen LogP contribution in [0.3, 0.4) is 0 Å². The van der Waals surface area contributed by atoms with E-state index in [0.29, 0.717) is 0 Å². The van der Waals surface area contributed by atoms with Gasteiger partial charge in [0, 0.05) is 18.0 Å². The van der Waals surface area contributed by atoms with E-state index in [1.807, 2.05) is 7.05 Å². The summed E-state index contributed by atoms with van der Waals surface area (Å²) < 4.78 is 4.75. The number of rotatable bonds is 2. The molecule has 1 atom stereocenters. The highest BCUT2D eigenvalue weighted by atomic mass is 16.5. The number of hydrogen-bond acceptors (Lipinski definition) is 4. The summed E-state index contributed by atoms with van der Waals surface area (Å²) in [6.45, 7) is 1.95. The maximum atomic E-state index is 10.9. The number of piperidine rings is 1. The molecule has 0 saturated carbocycles. The maximum Gasteiger partial charge on any atom is 0.375 e. The van der Waals surface area contributed by atoms with Gasteiger partial charge in [-0.25, -0.2) is 4.79 Å². The standard InChI is InChI=1S/C10H14N2O3/c1-12-4-2-3-7(6-12)8-5-11-15-9(8)10(13)14/h5,7H,2-4,6H2,1H3,(H,13,14). The van der Waals surface area contributed by atoms with E-state index in [9.17, 15) is 4.79 Å². The molecule has 15 heavy (non-hydrogen) atoms. The second-order valence-corrected chi connectivity index (χ2v) is 4.02. The fraction of sp³-hybridized carbons (Fsp3) is 0.600. The first-order chi connectivity index (χ1) is 7.18. The summed E-state index contributed by atoms with van der Waals surface area (Å²) in [5.41, 5.74) is 0.731. The van der Waals surface area contributed by atoms with Gasteiger partial charge in [-0.3, -0.25) is 0 Å². The SMILES string of the molecule is CN1CCCC(c2cnoc2C(=O)O)C1. The number of aromatic carboxylic acids is 1. The van der Waals surface area contributed by atoms with Gasteiger partial charge in [-0.05, 0) is 26.4 Å². The largest absolute Gasteiger partial charge is 0.475 e. The van der Waals surface area contributed by atoms with Crippen molar-refractivity contribution in [1.82, 2.24) is 10.1 Å². The lowest BCUT2D eigenvalue weighted by atomic mass is 9.91. The third kappa shape index (κ3) is 2.02. The Morgan fingerprint density at radius 1 is 1.73 bits per heavy atom. The third-order valence-corrected chi connectivity index (χ3v) is 2.86. The number of hydrogen-bond donors (Lipinski definition) is 1. The predicted octanol–water partition coefficient (Wildman–Crippen LogP) is 1.18. The number of carboxylic acid groups (broad SMARTS) is 1. The Balaban J connectivity index is 2.21. The number of likely N-dealkylation sites (N-methyl/N-ethyl adjacent to an activating group) is 1. The Kier molecular flexibility index (Phi) is 2.73. The van der Waals surface area contributed by atoms with Gasteiger partial charge in [0.25, 0.3) is 0 Å². The molecule has 1 aromatic heterocycles. The molecule has 0 spiro atoms. The van der Waals surface area contributed by atoms with Crippen molar-refractivity contribution in [3.05, 3.63) is 17.5 Å². The molecule has 1 aliphatic rings. The lowest BCUT2D eigenvalue weighted by molar-refractivity contribution is 0.0648. The van der Waals surface area contributed by atoms with Crippen LogP contribution < -0.4 is 0 Å². The highest BCUT2D eigenvalue weighted by Gasteiger charge is 2.26. The van der Waals surface area contributed by atoms with Gasteiger partial charge in [0.05, 0.1) is 6.20 Å². The Hall–Kier alpha value is -1.36. The van der Waals surface area contributed by atoms with Gasteiger partial charge in [-0.1, -0.05) is 5.16 Å². The van der Waals surface area contributed by atoms with Crippen molar-refractivity contribution in [2.75, 3.05) is 20.1 Å². The van der Waals surface area contributed by atoms with Gasteiger partial charge < -0.3 is 14.5 Å². The first-order valence-electron chi connectivity index (χ1n) is 5.05. The molecular weight excluding hydrogens is 196 g/mol. The van der Waals surface area contributed by atoms with Crippen LogP contribution in [0.1, 0.15) is 34.9 Å². The number of carboxylic acids is 1. The van der Waals surface area contributed by atoms with Gasteiger partial charge in [-0.15, -0.1) is 0 Å². The molecule has 0 aromatic carbocycles. The Morgan fingerprint density at radius 3 is 3.20 bits per heavy atom. The molecular formula is C10H14N2O3. The zero-order chi connectivity index (χ0) is 10.8. The van der Waals surface area contributed by atoms with Gasteiger partial charge in [0.1, 0.15) is 0 Å². The van der Waals surface area contributed by atoms with Crippen molar-refractivity contribution in [1.29, 1.82) is 0 Å². The molecule has 1 aliphatic heterocycles. The van der Waals surface area contributed by atoms with E-state index < -0.39 is 5.97 Å². The average molecular weight is 210 g/mol. The number of aromatic nitrogens is 1. The molecule has 2 rings (SSSR count). The second-order valence-electron chi connectivity index (χ2n) is 4.02. The molecule has 0 radical (unpaired) electrons. The van der Waals surface area contributed by atoms with E-state index in [1.54, 1.807) is 0 Å². The fourth-order valence-corrected chi connectivity index (χ4v) is 2.12. The molecule has 0 aliphatic carbocycles. The molecule has 1 fully saturated rings. The Bertz CT molecular complexity index is 361. The van der Waals surface area contributed by atoms with Crippen LogP contribution in [-0.2, 0) is 0 Å². The first-order valence-corrected chi connectivity index (χ1v) is 5.05. The van der Waals surface area contributed by atoms with Crippen molar-refractivity contribution in [3.8, 4) is 0 Å². The van der Waals surface area contributed by atoms with Crippen LogP contribution in [0.15, 0.2) is 10.7 Å². The second kappa shape index (κ2) is 4.02. The van der Waals surface area contributed by atoms with Crippen molar-refractivity contribution in [2.45, 2.75) is 18.8 Å². The van der Waals surface area contributed by atoms with Crippen molar-refractivity contribution in [2.24, 2.45) is 0 Å². The van der Waals surface area contributed by atoms with E-state index in [-0.39, 0.29) is 11.7 Å². The highest BCUT2D eigenvalue weighted by Crippen LogP contribution is 2.28. The quantitative estimate of drug-likeness (QED) is 0.794. The van der Waals surface area contributed by atoms with E-state index in [1.165, 1.54) is 6.20 Å². The summed E-state index contributed by atoms with van der Waals surface area (Å²) in [4.78, 5) is 13.1. The zero-order valence-corrected chi connectivity index (χ0v) is 8.64. The molecule has 0 bridgehead atoms. The molecule has 1 saturated heterocycles. The number of likely N-dealkylation sites (tertiary alicyclic amines) is 1. The summed E-state index contributed by atoms with van der Waals surface area (Å²) in [5, 5.41) is 12.5. The van der Waals surface area contributed by atoms with E-state index in [4.69, 9.17) is 9.63 Å². The average Bonchev–Trinajstić information content (AvgIpc) is 2.65. The van der Waals surface area contributed by atoms with Crippen LogP contribution in [0.25, 0.3) is 0 Å². The van der Waals surface area contributed by atoms with Crippen LogP contribution >= 0.6 is 0 Å². The third-order valence-electron chi connectivity index (χ3n) is 2.86. The fourth-order valence-electron chi connectivity index (χ4n) is 2.12. The zero-order valence-electron chi connectivity index (χ0n) is 8.64. The van der Waals surface area contributed by atoms with Gasteiger partial charge in [-0.2, -0.15) is 0 Å². The van der Waals surface area contributed by atoms with Crippen molar-refractivity contribution < 1.29 is 14.4 Å². The summed E-state index contributed by atoms with van der Waals surface area (Å²) in [7, 11) is 2.04. The van der Waals surface area contributed by atoms with Crippen LogP contribution in [-0.4, -0.2) is 41.3 Å². The molecule has 5 nitrogen and oxygen atoms in total. The van der Waals surface area contributed by atoms with E-state index >= 15 is 0 Å². The highest BCUT2D eigenvalue weighted by molar-refractivity contribution is 5.86. The lowest BCUT2D eigenvalue weighted by Gasteiger charge is -2.28. The van der Waals surface area contributed by atoms with Crippen LogP contribution in [0.5, 0.6) is 0 Å². The Morgan fingerprint density at radius 2 is 2.53 bits per heavy atom. The minimum Gasteiger partial charge on any atom is -0.475 e. The smallest absolute Gasteiger partial charge is 0.375 e. The maximum absolute atomic E-state index is 10.9. The summed E-state index contributed by atoms with van der Waals surface area (Å²) in [6.07, 6.45) is 3.63. The van der Waals surface area contributed by atoms with Gasteiger partial charge >= 0.3 is 5.97 Å². The predicted molar refractivity (Wildman–Crippen MR) is 52.9 cm³/mol. The summed E-state index contributed by atoms with van der Waals surface area (Å²) in [5.74, 6) is -0.799.